The largest absolute Gasteiger partial charge is 0.457 e. The Morgan fingerprint density at radius 2 is 1.21 bits per heavy atom. The third-order valence-electron chi connectivity index (χ3n) is 4.50. The highest BCUT2D eigenvalue weighted by atomic mass is 16.6. The quantitative estimate of drug-likeness (QED) is 0.732. The molecule has 0 unspecified atom stereocenters. The van der Waals surface area contributed by atoms with Gasteiger partial charge in [-0.25, -0.2) is 9.59 Å². The van der Waals surface area contributed by atoms with Crippen LogP contribution in [0.1, 0.15) is 72.4 Å². The fourth-order valence-electron chi connectivity index (χ4n) is 3.42. The van der Waals surface area contributed by atoms with Gasteiger partial charge in [0.25, 0.3) is 0 Å². The highest BCUT2D eigenvalue weighted by Crippen LogP contribution is 2.41. The molecule has 158 valence electrons. The van der Waals surface area contributed by atoms with E-state index in [9.17, 15) is 9.59 Å². The number of carbonyl (C=O) groups is 2. The third-order valence-corrected chi connectivity index (χ3v) is 4.50. The molecule has 0 radical (unpaired) electrons. The van der Waals surface area contributed by atoms with E-state index in [0.717, 1.165) is 11.1 Å². The average molecular weight is 400 g/mol. The summed E-state index contributed by atoms with van der Waals surface area (Å²) in [4.78, 5) is 26.4. The lowest BCUT2D eigenvalue weighted by molar-refractivity contribution is -0.150. The van der Waals surface area contributed by atoms with E-state index in [2.05, 4.69) is 5.32 Å². The molecular formula is C24H33NO4. The maximum absolute atomic E-state index is 13.2. The minimum absolute atomic E-state index is 0.431. The Labute approximate surface area is 174 Å². The van der Waals surface area contributed by atoms with Crippen LogP contribution < -0.4 is 5.32 Å². The fourth-order valence-corrected chi connectivity index (χ4v) is 3.42. The molecule has 0 fully saturated rings. The number of ether oxygens (including phenoxy) is 2. The lowest BCUT2D eigenvalue weighted by Gasteiger charge is -2.33. The van der Waals surface area contributed by atoms with Gasteiger partial charge < -0.3 is 14.8 Å². The topological polar surface area (TPSA) is 64.6 Å². The Bertz CT molecular complexity index is 829. The number of esters is 2. The van der Waals surface area contributed by atoms with Crippen molar-refractivity contribution in [1.29, 1.82) is 0 Å². The molecule has 0 atom stereocenters. The van der Waals surface area contributed by atoms with E-state index in [1.807, 2.05) is 86.6 Å². The van der Waals surface area contributed by atoms with Crippen LogP contribution in [0.25, 0.3) is 0 Å². The van der Waals surface area contributed by atoms with Crippen molar-refractivity contribution in [2.24, 2.45) is 0 Å². The van der Waals surface area contributed by atoms with Gasteiger partial charge in [-0.1, -0.05) is 24.3 Å². The van der Waals surface area contributed by atoms with Gasteiger partial charge in [-0.3, -0.25) is 0 Å². The van der Waals surface area contributed by atoms with Gasteiger partial charge in [0, 0.05) is 11.4 Å². The molecule has 0 amide bonds. The molecule has 0 saturated carbocycles. The van der Waals surface area contributed by atoms with Crippen LogP contribution in [-0.2, 0) is 19.1 Å². The first-order chi connectivity index (χ1) is 13.2. The normalized spacial score (nSPS) is 15.9. The molecule has 1 aromatic carbocycles. The number of rotatable bonds is 3. The number of benzene rings is 1. The summed E-state index contributed by atoms with van der Waals surface area (Å²) in [6.45, 7) is 16.6. The van der Waals surface area contributed by atoms with Crippen molar-refractivity contribution in [2.75, 3.05) is 0 Å². The first-order valence-electron chi connectivity index (χ1n) is 9.92. The van der Waals surface area contributed by atoms with Gasteiger partial charge in [0.2, 0.25) is 0 Å². The summed E-state index contributed by atoms with van der Waals surface area (Å²) < 4.78 is 11.4. The van der Waals surface area contributed by atoms with Crippen LogP contribution in [0.2, 0.25) is 0 Å². The molecule has 5 heteroatoms. The molecule has 1 N–H and O–H groups in total. The molecule has 1 aromatic rings. The van der Waals surface area contributed by atoms with E-state index in [4.69, 9.17) is 9.47 Å². The van der Waals surface area contributed by atoms with Gasteiger partial charge in [0.1, 0.15) is 11.2 Å². The smallest absolute Gasteiger partial charge is 0.337 e. The minimum Gasteiger partial charge on any atom is -0.457 e. The standard InChI is InChI=1S/C24H33NO4/c1-14-12-10-11-13-17(14)20-18(21(26)28-23(4,5)6)15(2)25-16(3)19(20)22(27)29-24(7,8)9/h10-13,20,25H,1-9H3. The van der Waals surface area contributed by atoms with E-state index < -0.39 is 29.1 Å². The summed E-state index contributed by atoms with van der Waals surface area (Å²) in [6.07, 6.45) is 0. The number of aryl methyl sites for hydroxylation is 1. The zero-order chi connectivity index (χ0) is 22.1. The summed E-state index contributed by atoms with van der Waals surface area (Å²) in [7, 11) is 0. The first kappa shape index (κ1) is 22.7. The number of allylic oxidation sites excluding steroid dienone is 2. The third kappa shape index (κ3) is 5.49. The van der Waals surface area contributed by atoms with Gasteiger partial charge >= 0.3 is 11.9 Å². The molecular weight excluding hydrogens is 366 g/mol. The summed E-state index contributed by atoms with van der Waals surface area (Å²) in [5, 5.41) is 3.19. The second-order valence-corrected chi connectivity index (χ2v) is 9.50. The number of carbonyl (C=O) groups excluding carboxylic acids is 2. The fraction of sp³-hybridized carbons (Fsp3) is 0.500. The van der Waals surface area contributed by atoms with Gasteiger partial charge in [-0.05, 0) is 73.4 Å². The zero-order valence-electron chi connectivity index (χ0n) is 19.0. The molecule has 29 heavy (non-hydrogen) atoms. The van der Waals surface area contributed by atoms with Crippen molar-refractivity contribution in [3.63, 3.8) is 0 Å². The summed E-state index contributed by atoms with van der Waals surface area (Å²) >= 11 is 0. The number of hydrogen-bond donors (Lipinski definition) is 1. The molecule has 1 heterocycles. The Balaban J connectivity index is 2.67. The molecule has 0 spiro atoms. The Hall–Kier alpha value is -2.56. The SMILES string of the molecule is CC1=C(C(=O)OC(C)(C)C)C(c2ccccc2C)C(C(=O)OC(C)(C)C)=C(C)N1. The zero-order valence-corrected chi connectivity index (χ0v) is 19.0. The average Bonchev–Trinajstić information content (AvgIpc) is 2.50. The highest BCUT2D eigenvalue weighted by Gasteiger charge is 2.40. The molecule has 0 aromatic heterocycles. The van der Waals surface area contributed by atoms with Crippen LogP contribution in [-0.4, -0.2) is 23.1 Å². The molecule has 0 saturated heterocycles. The van der Waals surface area contributed by atoms with E-state index in [1.54, 1.807) is 0 Å². The lowest BCUT2D eigenvalue weighted by atomic mass is 9.78. The van der Waals surface area contributed by atoms with Crippen LogP contribution in [0.5, 0.6) is 0 Å². The van der Waals surface area contributed by atoms with Crippen LogP contribution in [0, 0.1) is 6.92 Å². The Morgan fingerprint density at radius 3 is 1.59 bits per heavy atom. The van der Waals surface area contributed by atoms with Crippen LogP contribution in [0.4, 0.5) is 0 Å². The predicted octanol–water partition coefficient (Wildman–Crippen LogP) is 4.91. The highest BCUT2D eigenvalue weighted by molar-refractivity contribution is 6.00. The number of nitrogens with one attached hydrogen (secondary N) is 1. The van der Waals surface area contributed by atoms with E-state index in [0.29, 0.717) is 22.5 Å². The molecule has 5 nitrogen and oxygen atoms in total. The monoisotopic (exact) mass is 399 g/mol. The molecule has 0 bridgehead atoms. The van der Waals surface area contributed by atoms with Gasteiger partial charge in [-0.15, -0.1) is 0 Å². The van der Waals surface area contributed by atoms with Gasteiger partial charge in [0.15, 0.2) is 0 Å². The van der Waals surface area contributed by atoms with E-state index in [-0.39, 0.29) is 0 Å². The van der Waals surface area contributed by atoms with Crippen LogP contribution in [0.3, 0.4) is 0 Å². The summed E-state index contributed by atoms with van der Waals surface area (Å²) in [5.41, 5.74) is 2.79. The van der Waals surface area contributed by atoms with E-state index in [1.165, 1.54) is 0 Å². The molecule has 0 aliphatic carbocycles. The van der Waals surface area contributed by atoms with Crippen molar-refractivity contribution in [1.82, 2.24) is 5.32 Å². The van der Waals surface area contributed by atoms with Gasteiger partial charge in [0.05, 0.1) is 17.1 Å². The number of dihydropyridines is 1. The first-order valence-corrected chi connectivity index (χ1v) is 9.92. The second-order valence-electron chi connectivity index (χ2n) is 9.50. The Morgan fingerprint density at radius 1 is 0.793 bits per heavy atom. The van der Waals surface area contributed by atoms with Crippen molar-refractivity contribution in [3.05, 3.63) is 57.9 Å². The maximum Gasteiger partial charge on any atom is 0.337 e. The van der Waals surface area contributed by atoms with Crippen molar-refractivity contribution < 1.29 is 19.1 Å². The van der Waals surface area contributed by atoms with Crippen LogP contribution in [0.15, 0.2) is 46.8 Å². The summed E-state index contributed by atoms with van der Waals surface area (Å²) in [6, 6.07) is 7.77. The summed E-state index contributed by atoms with van der Waals surface area (Å²) in [5.74, 6) is -1.45. The molecule has 2 rings (SSSR count). The van der Waals surface area contributed by atoms with Crippen molar-refractivity contribution in [2.45, 2.75) is 79.4 Å². The maximum atomic E-state index is 13.2. The molecule has 1 aliphatic heterocycles. The Kier molecular flexibility index (Phi) is 6.31. The predicted molar refractivity (Wildman–Crippen MR) is 114 cm³/mol. The van der Waals surface area contributed by atoms with Crippen LogP contribution >= 0.6 is 0 Å². The van der Waals surface area contributed by atoms with Crippen molar-refractivity contribution >= 4 is 11.9 Å². The minimum atomic E-state index is -0.650. The van der Waals surface area contributed by atoms with E-state index >= 15 is 0 Å². The second kappa shape index (κ2) is 8.05. The number of hydrogen-bond acceptors (Lipinski definition) is 5. The molecule has 1 aliphatic rings. The van der Waals surface area contributed by atoms with Crippen molar-refractivity contribution in [3.8, 4) is 0 Å². The lowest BCUT2D eigenvalue weighted by Crippen LogP contribution is -2.36. The van der Waals surface area contributed by atoms with Gasteiger partial charge in [-0.2, -0.15) is 0 Å².